The summed E-state index contributed by atoms with van der Waals surface area (Å²) < 4.78 is 26.3. The molecule has 0 saturated carbocycles. The fraction of sp³-hybridized carbons (Fsp3) is 0.105. The maximum Gasteiger partial charge on any atom is 0.340 e. The fourth-order valence-corrected chi connectivity index (χ4v) is 3.80. The van der Waals surface area contributed by atoms with Gasteiger partial charge in [0.15, 0.2) is 5.82 Å². The molecule has 1 N–H and O–H groups in total. The molecule has 0 saturated heterocycles. The van der Waals surface area contributed by atoms with Crippen molar-refractivity contribution >= 4 is 29.3 Å². The average molecular weight is 407 g/mol. The van der Waals surface area contributed by atoms with Gasteiger partial charge in [-0.05, 0) is 48.9 Å². The summed E-state index contributed by atoms with van der Waals surface area (Å²) in [4.78, 5) is 20.2. The molecule has 0 aliphatic carbocycles. The van der Waals surface area contributed by atoms with E-state index in [0.29, 0.717) is 28.4 Å². The van der Waals surface area contributed by atoms with Gasteiger partial charge in [0.1, 0.15) is 22.2 Å². The van der Waals surface area contributed by atoms with Crippen LogP contribution in [0.2, 0.25) is 5.02 Å². The van der Waals surface area contributed by atoms with Crippen molar-refractivity contribution in [3.8, 4) is 11.4 Å². The number of hydrogen-bond donors (Lipinski definition) is 1. The predicted octanol–water partition coefficient (Wildman–Crippen LogP) is 5.37. The lowest BCUT2D eigenvalue weighted by molar-refractivity contribution is 0.0690. The number of aromatic carboxylic acids is 1. The molecule has 3 aromatic rings. The Bertz CT molecular complexity index is 1010. The highest BCUT2D eigenvalue weighted by atomic mass is 35.5. The Morgan fingerprint density at radius 2 is 1.78 bits per heavy atom. The Labute approximate surface area is 163 Å². The minimum Gasteiger partial charge on any atom is -0.478 e. The summed E-state index contributed by atoms with van der Waals surface area (Å²) in [6, 6.07) is 9.64. The molecule has 0 fully saturated rings. The van der Waals surface area contributed by atoms with Gasteiger partial charge in [-0.1, -0.05) is 17.7 Å². The third-order valence-corrected chi connectivity index (χ3v) is 5.13. The second-order valence-corrected chi connectivity index (χ2v) is 7.02. The zero-order chi connectivity index (χ0) is 19.6. The van der Waals surface area contributed by atoms with Crippen molar-refractivity contribution in [2.75, 3.05) is 0 Å². The van der Waals surface area contributed by atoms with Crippen LogP contribution in [0.1, 0.15) is 21.6 Å². The van der Waals surface area contributed by atoms with Crippen molar-refractivity contribution in [3.05, 3.63) is 75.9 Å². The molecule has 1 heterocycles. The van der Waals surface area contributed by atoms with E-state index in [1.54, 1.807) is 13.0 Å². The summed E-state index contributed by atoms with van der Waals surface area (Å²) in [7, 11) is 0. The molecule has 0 aliphatic rings. The Kier molecular flexibility index (Phi) is 5.72. The van der Waals surface area contributed by atoms with Crippen molar-refractivity contribution in [2.45, 2.75) is 17.7 Å². The number of nitrogens with zero attached hydrogens (tertiary/aromatic N) is 2. The van der Waals surface area contributed by atoms with Gasteiger partial charge in [0.2, 0.25) is 0 Å². The molecule has 4 nitrogen and oxygen atoms in total. The van der Waals surface area contributed by atoms with Gasteiger partial charge in [-0.2, -0.15) is 0 Å². The molecule has 0 atom stereocenters. The molecule has 1 aromatic heterocycles. The van der Waals surface area contributed by atoms with E-state index < -0.39 is 17.6 Å². The molecule has 0 radical (unpaired) electrons. The molecule has 0 unspecified atom stereocenters. The quantitative estimate of drug-likeness (QED) is 0.455. The summed E-state index contributed by atoms with van der Waals surface area (Å²) in [6.45, 7) is 1.58. The van der Waals surface area contributed by atoms with Crippen LogP contribution in [0.3, 0.4) is 0 Å². The highest BCUT2D eigenvalue weighted by Crippen LogP contribution is 2.31. The second-order valence-electron chi connectivity index (χ2n) is 5.65. The number of thioether (sulfide) groups is 1. The van der Waals surface area contributed by atoms with Gasteiger partial charge in [-0.25, -0.2) is 23.5 Å². The molecule has 2 aromatic carbocycles. The van der Waals surface area contributed by atoms with Crippen LogP contribution < -0.4 is 0 Å². The number of carbonyl (C=O) groups is 1. The normalized spacial score (nSPS) is 10.8. The van der Waals surface area contributed by atoms with E-state index in [4.69, 9.17) is 11.6 Å². The van der Waals surface area contributed by atoms with E-state index in [1.165, 1.54) is 36.4 Å². The highest BCUT2D eigenvalue weighted by molar-refractivity contribution is 7.98. The lowest BCUT2D eigenvalue weighted by atomic mass is 10.2. The Morgan fingerprint density at radius 1 is 1.11 bits per heavy atom. The van der Waals surface area contributed by atoms with Gasteiger partial charge in [-0.15, -0.1) is 11.8 Å². The predicted molar refractivity (Wildman–Crippen MR) is 100 cm³/mol. The summed E-state index contributed by atoms with van der Waals surface area (Å²) >= 11 is 7.20. The molecule has 8 heteroatoms. The number of carboxylic acids is 1. The summed E-state index contributed by atoms with van der Waals surface area (Å²) in [5, 5.41) is 10.0. The van der Waals surface area contributed by atoms with Crippen molar-refractivity contribution in [3.63, 3.8) is 0 Å². The molecular formula is C19H13ClF2N2O2S. The number of halogens is 3. The van der Waals surface area contributed by atoms with Crippen LogP contribution in [-0.4, -0.2) is 21.0 Å². The summed E-state index contributed by atoms with van der Waals surface area (Å²) in [5.41, 5.74) is 1.51. The van der Waals surface area contributed by atoms with E-state index >= 15 is 0 Å². The maximum atomic E-state index is 13.2. The van der Waals surface area contributed by atoms with Crippen molar-refractivity contribution < 1.29 is 18.7 Å². The van der Waals surface area contributed by atoms with Crippen LogP contribution in [0.25, 0.3) is 11.4 Å². The van der Waals surface area contributed by atoms with Crippen LogP contribution in [0, 0.1) is 18.6 Å². The average Bonchev–Trinajstić information content (AvgIpc) is 2.60. The van der Waals surface area contributed by atoms with E-state index in [9.17, 15) is 18.7 Å². The van der Waals surface area contributed by atoms with E-state index in [-0.39, 0.29) is 15.6 Å². The monoisotopic (exact) mass is 406 g/mol. The van der Waals surface area contributed by atoms with Gasteiger partial charge in [0.25, 0.3) is 0 Å². The van der Waals surface area contributed by atoms with E-state index in [0.717, 1.165) is 11.8 Å². The number of aryl methyl sites for hydroxylation is 1. The fourth-order valence-electron chi connectivity index (χ4n) is 2.41. The minimum absolute atomic E-state index is 0.0101. The van der Waals surface area contributed by atoms with Crippen LogP contribution in [0.4, 0.5) is 8.78 Å². The first-order chi connectivity index (χ1) is 12.8. The van der Waals surface area contributed by atoms with Crippen LogP contribution in [-0.2, 0) is 5.75 Å². The number of benzene rings is 2. The lowest BCUT2D eigenvalue weighted by Gasteiger charge is -2.11. The Hall–Kier alpha value is -2.51. The van der Waals surface area contributed by atoms with Crippen molar-refractivity contribution in [2.24, 2.45) is 0 Å². The van der Waals surface area contributed by atoms with Gasteiger partial charge in [-0.3, -0.25) is 0 Å². The van der Waals surface area contributed by atoms with Crippen LogP contribution in [0.5, 0.6) is 0 Å². The number of carboxylic acid groups (broad SMARTS) is 1. The zero-order valence-electron chi connectivity index (χ0n) is 14.0. The smallest absolute Gasteiger partial charge is 0.340 e. The molecule has 138 valence electrons. The third-order valence-electron chi connectivity index (χ3n) is 3.75. The van der Waals surface area contributed by atoms with Crippen molar-refractivity contribution in [1.29, 1.82) is 0 Å². The lowest BCUT2D eigenvalue weighted by Crippen LogP contribution is -2.08. The second kappa shape index (κ2) is 8.02. The number of hydrogen-bond acceptors (Lipinski definition) is 4. The van der Waals surface area contributed by atoms with Gasteiger partial charge < -0.3 is 5.11 Å². The molecular weight excluding hydrogens is 394 g/mol. The zero-order valence-corrected chi connectivity index (χ0v) is 15.6. The van der Waals surface area contributed by atoms with E-state index in [1.807, 2.05) is 0 Å². The number of rotatable bonds is 5. The standard InChI is InChI=1S/C19H13ClF2N2O2S/c1-10-16(19(25)26)18(27-9-12-4-7-14(22)8-15(12)20)24-17(23-10)11-2-5-13(21)6-3-11/h2-8H,9H2,1H3,(H,25,26). The molecule has 27 heavy (non-hydrogen) atoms. The molecule has 0 aliphatic heterocycles. The molecule has 0 amide bonds. The summed E-state index contributed by atoms with van der Waals surface area (Å²) in [5.74, 6) is -1.38. The molecule has 0 bridgehead atoms. The minimum atomic E-state index is -1.15. The molecule has 3 rings (SSSR count). The molecule has 0 spiro atoms. The number of aromatic nitrogens is 2. The van der Waals surface area contributed by atoms with Gasteiger partial charge in [0, 0.05) is 16.3 Å². The first-order valence-corrected chi connectivity index (χ1v) is 9.16. The van der Waals surface area contributed by atoms with E-state index in [2.05, 4.69) is 9.97 Å². The largest absolute Gasteiger partial charge is 0.478 e. The van der Waals surface area contributed by atoms with Crippen molar-refractivity contribution in [1.82, 2.24) is 9.97 Å². The third kappa shape index (κ3) is 4.43. The summed E-state index contributed by atoms with van der Waals surface area (Å²) in [6.07, 6.45) is 0. The topological polar surface area (TPSA) is 63.1 Å². The SMILES string of the molecule is Cc1nc(-c2ccc(F)cc2)nc(SCc2ccc(F)cc2Cl)c1C(=O)O. The first kappa shape index (κ1) is 19.3. The maximum absolute atomic E-state index is 13.2. The van der Waals surface area contributed by atoms with Gasteiger partial charge >= 0.3 is 5.97 Å². The Balaban J connectivity index is 1.98. The van der Waals surface area contributed by atoms with Crippen LogP contribution in [0.15, 0.2) is 47.5 Å². The highest BCUT2D eigenvalue weighted by Gasteiger charge is 2.19. The Morgan fingerprint density at radius 3 is 2.41 bits per heavy atom. The first-order valence-electron chi connectivity index (χ1n) is 7.79. The van der Waals surface area contributed by atoms with Crippen LogP contribution >= 0.6 is 23.4 Å². The van der Waals surface area contributed by atoms with Gasteiger partial charge in [0.05, 0.1) is 5.69 Å².